The third kappa shape index (κ3) is 7.57. The summed E-state index contributed by atoms with van der Waals surface area (Å²) in [6, 6.07) is 0. The summed E-state index contributed by atoms with van der Waals surface area (Å²) in [5, 5.41) is 2.77. The van der Waals surface area contributed by atoms with Gasteiger partial charge in [-0.25, -0.2) is 4.79 Å². The summed E-state index contributed by atoms with van der Waals surface area (Å²) in [6.07, 6.45) is 1.23. The van der Waals surface area contributed by atoms with Gasteiger partial charge in [0, 0.05) is 12.0 Å². The van der Waals surface area contributed by atoms with Crippen LogP contribution in [0.1, 0.15) is 13.8 Å². The lowest BCUT2D eigenvalue weighted by atomic mass is 10.4. The maximum atomic E-state index is 10.8. The fourth-order valence-electron chi connectivity index (χ4n) is 0.320. The number of hydrogen-bond acceptors (Lipinski definition) is 3. The number of esters is 1. The quantitative estimate of drug-likeness (QED) is 0.320. The molecule has 0 heterocycles. The molecule has 0 aromatic carbocycles. The second-order valence-corrected chi connectivity index (χ2v) is 2.12. The predicted molar refractivity (Wildman–Crippen MR) is 51.2 cm³/mol. The third-order valence-electron chi connectivity index (χ3n) is 1.04. The van der Waals surface area contributed by atoms with Crippen LogP contribution in [0.15, 0.2) is 12.2 Å². The smallest absolute Gasteiger partial charge is 0.334 e. The highest BCUT2D eigenvalue weighted by atomic mass is 35.5. The number of halogens is 1. The number of carbonyl (C=O) groups is 1. The van der Waals surface area contributed by atoms with Gasteiger partial charge in [-0.15, -0.1) is 11.6 Å². The van der Waals surface area contributed by atoms with Crippen LogP contribution in [0.5, 0.6) is 0 Å². The van der Waals surface area contributed by atoms with Gasteiger partial charge in [0.05, 0.1) is 0 Å². The van der Waals surface area contributed by atoms with Crippen molar-refractivity contribution in [2.75, 3.05) is 13.4 Å². The maximum Gasteiger partial charge on any atom is 0.334 e. The average Bonchev–Trinajstić information content (AvgIpc) is 2.07. The van der Waals surface area contributed by atoms with Crippen molar-refractivity contribution in [3.63, 3.8) is 0 Å². The molecule has 0 saturated carbocycles. The summed E-state index contributed by atoms with van der Waals surface area (Å²) in [6.45, 7) is 6.81. The molecule has 12 heavy (non-hydrogen) atoms. The molecular formula is C8H16ClNO2. The number of nitrogens with one attached hydrogen (secondary N) is 1. The second kappa shape index (κ2) is 8.56. The van der Waals surface area contributed by atoms with Crippen molar-refractivity contribution in [3.05, 3.63) is 12.2 Å². The highest BCUT2D eigenvalue weighted by molar-refractivity contribution is 6.15. The summed E-state index contributed by atoms with van der Waals surface area (Å²) in [5.41, 5.74) is 0.419. The topological polar surface area (TPSA) is 38.3 Å². The van der Waals surface area contributed by atoms with Gasteiger partial charge in [-0.2, -0.15) is 0 Å². The van der Waals surface area contributed by atoms with Gasteiger partial charge in [0.15, 0.2) is 6.23 Å². The molecule has 1 N–H and O–H groups in total. The van der Waals surface area contributed by atoms with E-state index in [0.717, 1.165) is 0 Å². The van der Waals surface area contributed by atoms with E-state index in [4.69, 9.17) is 4.74 Å². The molecule has 0 aliphatic carbocycles. The highest BCUT2D eigenvalue weighted by Gasteiger charge is 2.06. The van der Waals surface area contributed by atoms with Crippen LogP contribution in [-0.4, -0.2) is 25.6 Å². The molecule has 3 nitrogen and oxygen atoms in total. The number of alkyl halides is 1. The van der Waals surface area contributed by atoms with E-state index in [-0.39, 0.29) is 12.2 Å². The van der Waals surface area contributed by atoms with Gasteiger partial charge in [0.2, 0.25) is 0 Å². The Morgan fingerprint density at radius 3 is 2.25 bits per heavy atom. The number of carbonyl (C=O) groups excluding carboxylic acids is 1. The molecule has 1 unspecified atom stereocenters. The number of ether oxygens (including phenoxy) is 1. The summed E-state index contributed by atoms with van der Waals surface area (Å²) >= 11 is 4.64. The van der Waals surface area contributed by atoms with E-state index < -0.39 is 0 Å². The van der Waals surface area contributed by atoms with Crippen LogP contribution in [-0.2, 0) is 9.53 Å². The first-order valence-electron chi connectivity index (χ1n) is 3.49. The largest absolute Gasteiger partial charge is 0.444 e. The van der Waals surface area contributed by atoms with Crippen LogP contribution < -0.4 is 5.32 Å². The van der Waals surface area contributed by atoms with Gasteiger partial charge in [0.1, 0.15) is 0 Å². The van der Waals surface area contributed by atoms with Crippen molar-refractivity contribution >= 4 is 17.6 Å². The minimum absolute atomic E-state index is 0.246. The minimum Gasteiger partial charge on any atom is -0.444 e. The van der Waals surface area contributed by atoms with Crippen molar-refractivity contribution in [3.8, 4) is 0 Å². The summed E-state index contributed by atoms with van der Waals surface area (Å²) in [5.74, 6) is -0.359. The van der Waals surface area contributed by atoms with Gasteiger partial charge in [-0.1, -0.05) is 6.58 Å². The molecule has 0 radical (unpaired) electrons. The Morgan fingerprint density at radius 1 is 1.58 bits per heavy atom. The van der Waals surface area contributed by atoms with Gasteiger partial charge in [-0.3, -0.25) is 5.32 Å². The molecule has 72 valence electrons. The van der Waals surface area contributed by atoms with Crippen molar-refractivity contribution in [2.24, 2.45) is 0 Å². The summed E-state index contributed by atoms with van der Waals surface area (Å²) < 4.78 is 4.81. The monoisotopic (exact) mass is 193 g/mol. The molecule has 0 spiro atoms. The van der Waals surface area contributed by atoms with E-state index in [2.05, 4.69) is 23.5 Å². The van der Waals surface area contributed by atoms with E-state index in [9.17, 15) is 4.79 Å². The van der Waals surface area contributed by atoms with Crippen LogP contribution >= 0.6 is 11.6 Å². The Balaban J connectivity index is 0. The van der Waals surface area contributed by atoms with Crippen molar-refractivity contribution < 1.29 is 9.53 Å². The molecule has 0 fully saturated rings. The molecule has 0 aliphatic rings. The lowest BCUT2D eigenvalue weighted by Gasteiger charge is -2.10. The zero-order chi connectivity index (χ0) is 10.1. The Kier molecular flexibility index (Phi) is 9.99. The van der Waals surface area contributed by atoms with Crippen LogP contribution in [0.2, 0.25) is 0 Å². The Morgan fingerprint density at radius 2 is 2.00 bits per heavy atom. The summed E-state index contributed by atoms with van der Waals surface area (Å²) in [4.78, 5) is 10.8. The molecule has 1 atom stereocenters. The predicted octanol–water partition coefficient (Wildman–Crippen LogP) is 1.53. The fraction of sp³-hybridized carbons (Fsp3) is 0.625. The molecule has 4 heteroatoms. The average molecular weight is 194 g/mol. The van der Waals surface area contributed by atoms with Crippen LogP contribution in [0.25, 0.3) is 0 Å². The van der Waals surface area contributed by atoms with Crippen LogP contribution in [0.3, 0.4) is 0 Å². The van der Waals surface area contributed by atoms with E-state index in [1.165, 1.54) is 6.38 Å². The van der Waals surface area contributed by atoms with E-state index >= 15 is 0 Å². The van der Waals surface area contributed by atoms with Crippen LogP contribution in [0, 0.1) is 0 Å². The van der Waals surface area contributed by atoms with Gasteiger partial charge in [0.25, 0.3) is 0 Å². The van der Waals surface area contributed by atoms with Gasteiger partial charge in [-0.05, 0) is 20.9 Å². The normalized spacial score (nSPS) is 10.8. The minimum atomic E-state index is -0.359. The summed E-state index contributed by atoms with van der Waals surface area (Å²) in [7, 11) is 1.72. The molecule has 0 aromatic rings. The molecule has 0 saturated heterocycles. The Labute approximate surface area is 78.7 Å². The number of hydrogen-bond donors (Lipinski definition) is 1. The zero-order valence-corrected chi connectivity index (χ0v) is 8.73. The van der Waals surface area contributed by atoms with Crippen LogP contribution in [0.4, 0.5) is 0 Å². The fourth-order valence-corrected chi connectivity index (χ4v) is 0.320. The Hall–Kier alpha value is -0.540. The van der Waals surface area contributed by atoms with E-state index in [1.807, 2.05) is 0 Å². The lowest BCUT2D eigenvalue weighted by Crippen LogP contribution is -2.27. The molecule has 0 aromatic heterocycles. The molecule has 0 rings (SSSR count). The van der Waals surface area contributed by atoms with E-state index in [0.29, 0.717) is 5.57 Å². The highest BCUT2D eigenvalue weighted by Crippen LogP contribution is 1.94. The Bertz CT molecular complexity index is 148. The van der Waals surface area contributed by atoms with Crippen molar-refractivity contribution in [1.82, 2.24) is 5.32 Å². The molecule has 0 aliphatic heterocycles. The van der Waals surface area contributed by atoms with Crippen molar-refractivity contribution in [2.45, 2.75) is 20.1 Å². The molecule has 0 amide bonds. The van der Waals surface area contributed by atoms with E-state index in [1.54, 1.807) is 20.9 Å². The first-order valence-corrected chi connectivity index (χ1v) is 4.25. The van der Waals surface area contributed by atoms with Gasteiger partial charge >= 0.3 is 5.97 Å². The first kappa shape index (κ1) is 14.0. The lowest BCUT2D eigenvalue weighted by molar-refractivity contribution is -0.144. The second-order valence-electron chi connectivity index (χ2n) is 2.12. The zero-order valence-electron chi connectivity index (χ0n) is 7.98. The number of rotatable bonds is 3. The standard InChI is InChI=1S/C7H13NO2.CH3Cl/c1-5(2)7(9)10-6(3)8-4;1-2/h6,8H,1H2,2-4H3;1H3. The third-order valence-corrected chi connectivity index (χ3v) is 1.04. The van der Waals surface area contributed by atoms with Crippen molar-refractivity contribution in [1.29, 1.82) is 0 Å². The molecule has 0 bridgehead atoms. The first-order chi connectivity index (χ1) is 5.57. The SMILES string of the molecule is C=C(C)C(=O)OC(C)NC.CCl. The molecular weight excluding hydrogens is 178 g/mol. The maximum absolute atomic E-state index is 10.8. The van der Waals surface area contributed by atoms with Gasteiger partial charge < -0.3 is 4.74 Å².